The number of hydrogen-bond donors (Lipinski definition) is 1. The Bertz CT molecular complexity index is 802. The maximum Gasteiger partial charge on any atom is 0.241 e. The van der Waals surface area contributed by atoms with Crippen LogP contribution in [0.4, 0.5) is 5.69 Å². The van der Waals surface area contributed by atoms with Crippen LogP contribution < -0.4 is 14.8 Å². The topological polar surface area (TPSA) is 67.9 Å². The van der Waals surface area contributed by atoms with Gasteiger partial charge in [-0.05, 0) is 51.2 Å². The minimum absolute atomic E-state index is 0.00628. The van der Waals surface area contributed by atoms with Crippen molar-refractivity contribution in [3.8, 4) is 11.5 Å². The smallest absolute Gasteiger partial charge is 0.241 e. The van der Waals surface area contributed by atoms with E-state index in [1.807, 2.05) is 37.1 Å². The van der Waals surface area contributed by atoms with Gasteiger partial charge in [-0.2, -0.15) is 0 Å². The zero-order chi connectivity index (χ0) is 20.0. The predicted molar refractivity (Wildman–Crippen MR) is 106 cm³/mol. The van der Waals surface area contributed by atoms with Crippen LogP contribution in [0.1, 0.15) is 29.8 Å². The van der Waals surface area contributed by atoms with Crippen LogP contribution in [-0.2, 0) is 11.3 Å². The molecular formula is C21H26N2O4. The number of ketones is 1. The monoisotopic (exact) mass is 370 g/mol. The number of Topliss-reactive ketones (excluding diaryl/α,β-unsaturated/α-hetero) is 1. The van der Waals surface area contributed by atoms with Crippen molar-refractivity contribution in [1.29, 1.82) is 0 Å². The Morgan fingerprint density at radius 2 is 1.74 bits per heavy atom. The predicted octanol–water partition coefficient (Wildman–Crippen LogP) is 3.37. The molecule has 0 saturated heterocycles. The highest BCUT2D eigenvalue weighted by Crippen LogP contribution is 2.31. The molecule has 0 aromatic heterocycles. The van der Waals surface area contributed by atoms with Gasteiger partial charge >= 0.3 is 0 Å². The van der Waals surface area contributed by atoms with Crippen LogP contribution in [0.5, 0.6) is 11.5 Å². The number of methoxy groups -OCH3 is 2. The second-order valence-corrected chi connectivity index (χ2v) is 6.37. The molecule has 0 heterocycles. The molecule has 1 atom stereocenters. The van der Waals surface area contributed by atoms with Crippen LogP contribution in [0, 0.1) is 0 Å². The number of hydrogen-bond acceptors (Lipinski definition) is 5. The third kappa shape index (κ3) is 5.08. The number of likely N-dealkylation sites (N-methyl/N-ethyl adjacent to an activating group) is 1. The van der Waals surface area contributed by atoms with E-state index in [9.17, 15) is 9.59 Å². The zero-order valence-corrected chi connectivity index (χ0v) is 16.4. The third-order valence-electron chi connectivity index (χ3n) is 4.50. The average Bonchev–Trinajstić information content (AvgIpc) is 2.67. The van der Waals surface area contributed by atoms with E-state index in [-0.39, 0.29) is 17.7 Å². The van der Waals surface area contributed by atoms with Crippen molar-refractivity contribution in [1.82, 2.24) is 4.90 Å². The summed E-state index contributed by atoms with van der Waals surface area (Å²) in [6.45, 7) is 3.88. The summed E-state index contributed by atoms with van der Waals surface area (Å²) in [5, 5.41) is 2.88. The number of anilines is 1. The number of nitrogens with zero attached hydrogens (tertiary/aromatic N) is 1. The fourth-order valence-corrected chi connectivity index (χ4v) is 2.72. The van der Waals surface area contributed by atoms with E-state index in [1.165, 1.54) is 6.92 Å². The van der Waals surface area contributed by atoms with Crippen LogP contribution in [0.25, 0.3) is 0 Å². The molecule has 0 aliphatic heterocycles. The third-order valence-corrected chi connectivity index (χ3v) is 4.50. The summed E-state index contributed by atoms with van der Waals surface area (Å²) in [5.41, 5.74) is 2.21. The minimum Gasteiger partial charge on any atom is -0.493 e. The van der Waals surface area contributed by atoms with Gasteiger partial charge in [-0.1, -0.05) is 12.1 Å². The number of benzene rings is 2. The van der Waals surface area contributed by atoms with Crippen molar-refractivity contribution in [2.45, 2.75) is 26.4 Å². The van der Waals surface area contributed by atoms with Crippen molar-refractivity contribution in [3.63, 3.8) is 0 Å². The molecule has 2 aromatic rings. The maximum absolute atomic E-state index is 12.6. The van der Waals surface area contributed by atoms with Crippen molar-refractivity contribution < 1.29 is 19.1 Å². The van der Waals surface area contributed by atoms with Gasteiger partial charge in [0.1, 0.15) is 0 Å². The van der Waals surface area contributed by atoms with Crippen molar-refractivity contribution in [3.05, 3.63) is 53.6 Å². The van der Waals surface area contributed by atoms with E-state index < -0.39 is 0 Å². The molecule has 0 unspecified atom stereocenters. The molecule has 6 nitrogen and oxygen atoms in total. The molecule has 6 heteroatoms. The first kappa shape index (κ1) is 20.5. The lowest BCUT2D eigenvalue weighted by molar-refractivity contribution is -0.120. The molecule has 1 amide bonds. The van der Waals surface area contributed by atoms with E-state index in [4.69, 9.17) is 9.47 Å². The molecule has 0 radical (unpaired) electrons. The highest BCUT2D eigenvalue weighted by Gasteiger charge is 2.20. The highest BCUT2D eigenvalue weighted by atomic mass is 16.5. The van der Waals surface area contributed by atoms with Gasteiger partial charge in [0.05, 0.1) is 20.3 Å². The lowest BCUT2D eigenvalue weighted by Gasteiger charge is -2.25. The summed E-state index contributed by atoms with van der Waals surface area (Å²) in [6.07, 6.45) is 0. The second kappa shape index (κ2) is 9.19. The fraction of sp³-hybridized carbons (Fsp3) is 0.333. The van der Waals surface area contributed by atoms with Crippen LogP contribution in [0.3, 0.4) is 0 Å². The van der Waals surface area contributed by atoms with E-state index in [0.29, 0.717) is 29.3 Å². The highest BCUT2D eigenvalue weighted by molar-refractivity contribution is 5.96. The van der Waals surface area contributed by atoms with Gasteiger partial charge in [-0.25, -0.2) is 0 Å². The number of carbonyl (C=O) groups excluding carboxylic acids is 2. The zero-order valence-electron chi connectivity index (χ0n) is 16.4. The van der Waals surface area contributed by atoms with Crippen LogP contribution in [0.2, 0.25) is 0 Å². The van der Waals surface area contributed by atoms with Crippen molar-refractivity contribution in [2.75, 3.05) is 26.6 Å². The largest absolute Gasteiger partial charge is 0.493 e. The van der Waals surface area contributed by atoms with E-state index in [2.05, 4.69) is 5.32 Å². The Kier molecular flexibility index (Phi) is 6.96. The summed E-state index contributed by atoms with van der Waals surface area (Å²) < 4.78 is 10.8. The fourth-order valence-electron chi connectivity index (χ4n) is 2.72. The van der Waals surface area contributed by atoms with E-state index >= 15 is 0 Å². The Hall–Kier alpha value is -2.86. The Labute approximate surface area is 160 Å². The number of carbonyl (C=O) groups is 2. The molecule has 0 aliphatic carbocycles. The molecule has 0 spiro atoms. The Balaban J connectivity index is 2.05. The quantitative estimate of drug-likeness (QED) is 0.722. The molecule has 0 bridgehead atoms. The van der Waals surface area contributed by atoms with Gasteiger partial charge in [-0.3, -0.25) is 14.5 Å². The van der Waals surface area contributed by atoms with Gasteiger partial charge in [0.25, 0.3) is 0 Å². The van der Waals surface area contributed by atoms with Crippen LogP contribution >= 0.6 is 0 Å². The molecule has 0 saturated carbocycles. The first-order valence-corrected chi connectivity index (χ1v) is 8.69. The summed E-state index contributed by atoms with van der Waals surface area (Å²) in [5.74, 6) is 1.19. The van der Waals surface area contributed by atoms with E-state index in [0.717, 1.165) is 5.56 Å². The molecule has 0 fully saturated rings. The van der Waals surface area contributed by atoms with Crippen molar-refractivity contribution >= 4 is 17.4 Å². The molecular weight excluding hydrogens is 344 g/mol. The SMILES string of the molecule is COc1cccc(CN(C)[C@H](C)C(=O)Nc2ccc(C(C)=O)cc2)c1OC. The lowest BCUT2D eigenvalue weighted by atomic mass is 10.1. The van der Waals surface area contributed by atoms with Gasteiger partial charge < -0.3 is 14.8 Å². The Morgan fingerprint density at radius 1 is 1.07 bits per heavy atom. The standard InChI is InChI=1S/C21H26N2O4/c1-14(21(25)22-18-11-9-16(10-12-18)15(2)24)23(3)13-17-7-6-8-19(26-4)20(17)27-5/h6-12,14H,13H2,1-5H3,(H,22,25)/t14-/m1/s1. The Morgan fingerprint density at radius 3 is 2.30 bits per heavy atom. The van der Waals surface area contributed by atoms with Gasteiger partial charge in [0.15, 0.2) is 17.3 Å². The van der Waals surface area contributed by atoms with Gasteiger partial charge in [0.2, 0.25) is 5.91 Å². The number of rotatable bonds is 8. The lowest BCUT2D eigenvalue weighted by Crippen LogP contribution is -2.39. The van der Waals surface area contributed by atoms with Crippen LogP contribution in [-0.4, -0.2) is 43.9 Å². The molecule has 27 heavy (non-hydrogen) atoms. The normalized spacial score (nSPS) is 11.8. The average molecular weight is 370 g/mol. The van der Waals surface area contributed by atoms with Crippen LogP contribution in [0.15, 0.2) is 42.5 Å². The molecule has 144 valence electrons. The first-order chi connectivity index (χ1) is 12.9. The number of amides is 1. The second-order valence-electron chi connectivity index (χ2n) is 6.37. The number of nitrogens with one attached hydrogen (secondary N) is 1. The summed E-state index contributed by atoms with van der Waals surface area (Å²) in [4.78, 5) is 25.8. The van der Waals surface area contributed by atoms with E-state index in [1.54, 1.807) is 38.5 Å². The molecule has 2 rings (SSSR count). The molecule has 0 aliphatic rings. The molecule has 1 N–H and O–H groups in total. The van der Waals surface area contributed by atoms with Gasteiger partial charge in [-0.15, -0.1) is 0 Å². The summed E-state index contributed by atoms with van der Waals surface area (Å²) >= 11 is 0. The number of ether oxygens (including phenoxy) is 2. The number of para-hydroxylation sites is 1. The van der Waals surface area contributed by atoms with Gasteiger partial charge in [0, 0.05) is 23.4 Å². The first-order valence-electron chi connectivity index (χ1n) is 8.69. The minimum atomic E-state index is -0.367. The summed E-state index contributed by atoms with van der Waals surface area (Å²) in [7, 11) is 5.07. The maximum atomic E-state index is 12.6. The summed E-state index contributed by atoms with van der Waals surface area (Å²) in [6, 6.07) is 12.2. The molecule has 2 aromatic carbocycles. The van der Waals surface area contributed by atoms with Crippen molar-refractivity contribution in [2.24, 2.45) is 0 Å².